The van der Waals surface area contributed by atoms with E-state index in [0.29, 0.717) is 0 Å². The van der Waals surface area contributed by atoms with Crippen LogP contribution in [0.2, 0.25) is 0 Å². The van der Waals surface area contributed by atoms with Gasteiger partial charge in [-0.3, -0.25) is 4.68 Å². The first kappa shape index (κ1) is 9.82. The van der Waals surface area contributed by atoms with Crippen molar-refractivity contribution in [3.63, 3.8) is 0 Å². The van der Waals surface area contributed by atoms with Crippen LogP contribution in [0.15, 0.2) is 6.20 Å². The highest BCUT2D eigenvalue weighted by atomic mass is 15.3. The summed E-state index contributed by atoms with van der Waals surface area (Å²) in [4.78, 5) is 0. The topological polar surface area (TPSA) is 29.9 Å². The molecule has 1 unspecified atom stereocenters. The molecule has 1 heterocycles. The molecule has 3 heteroatoms. The Bertz CT molecular complexity index is 319. The quantitative estimate of drug-likeness (QED) is 0.694. The summed E-state index contributed by atoms with van der Waals surface area (Å²) in [7, 11) is 3.77. The van der Waals surface area contributed by atoms with Crippen LogP contribution in [0.3, 0.4) is 0 Å². The van der Waals surface area contributed by atoms with E-state index in [4.69, 9.17) is 6.42 Å². The Morgan fingerprint density at radius 3 is 2.92 bits per heavy atom. The number of hydrogen-bond donors (Lipinski definition) is 1. The van der Waals surface area contributed by atoms with Gasteiger partial charge in [-0.1, -0.05) is 12.8 Å². The van der Waals surface area contributed by atoms with Crippen LogP contribution in [0.5, 0.6) is 0 Å². The number of aromatic nitrogens is 2. The van der Waals surface area contributed by atoms with Crippen LogP contribution in [0.4, 0.5) is 0 Å². The van der Waals surface area contributed by atoms with Gasteiger partial charge >= 0.3 is 0 Å². The second kappa shape index (κ2) is 4.11. The molecule has 3 nitrogen and oxygen atoms in total. The first-order valence-corrected chi connectivity index (χ1v) is 4.38. The first-order valence-electron chi connectivity index (χ1n) is 4.38. The van der Waals surface area contributed by atoms with Gasteiger partial charge in [-0.2, -0.15) is 5.10 Å². The molecule has 70 valence electrons. The average Bonchev–Trinajstić information content (AvgIpc) is 2.49. The average molecular weight is 177 g/mol. The van der Waals surface area contributed by atoms with E-state index in [-0.39, 0.29) is 6.04 Å². The molecule has 0 spiro atoms. The summed E-state index contributed by atoms with van der Waals surface area (Å²) in [5, 5.41) is 7.39. The summed E-state index contributed by atoms with van der Waals surface area (Å²) in [6, 6.07) is -0.0244. The highest BCUT2D eigenvalue weighted by Gasteiger charge is 2.12. The van der Waals surface area contributed by atoms with Gasteiger partial charge in [-0.05, 0) is 13.5 Å². The molecule has 1 aromatic rings. The Hall–Kier alpha value is -1.27. The van der Waals surface area contributed by atoms with E-state index < -0.39 is 0 Å². The van der Waals surface area contributed by atoms with Crippen molar-refractivity contribution in [3.05, 3.63) is 17.5 Å². The highest BCUT2D eigenvalue weighted by Crippen LogP contribution is 2.15. The second-order valence-electron chi connectivity index (χ2n) is 2.95. The molecule has 0 saturated carbocycles. The van der Waals surface area contributed by atoms with Crippen LogP contribution >= 0.6 is 0 Å². The van der Waals surface area contributed by atoms with Crippen LogP contribution in [0.25, 0.3) is 0 Å². The van der Waals surface area contributed by atoms with Crippen LogP contribution < -0.4 is 5.32 Å². The Labute approximate surface area is 79.1 Å². The van der Waals surface area contributed by atoms with Gasteiger partial charge in [-0.25, -0.2) is 0 Å². The van der Waals surface area contributed by atoms with Crippen molar-refractivity contribution < 1.29 is 0 Å². The predicted molar refractivity (Wildman–Crippen MR) is 53.2 cm³/mol. The van der Waals surface area contributed by atoms with E-state index in [2.05, 4.69) is 23.3 Å². The molecule has 0 fully saturated rings. The SMILES string of the molecule is C#CC(NC)c1cn(C)nc1CC. The minimum atomic E-state index is -0.0244. The van der Waals surface area contributed by atoms with Crippen molar-refractivity contribution in [1.29, 1.82) is 0 Å². The molecule has 0 saturated heterocycles. The third-order valence-corrected chi connectivity index (χ3v) is 2.04. The molecule has 0 radical (unpaired) electrons. The zero-order valence-corrected chi connectivity index (χ0v) is 8.33. The zero-order chi connectivity index (χ0) is 9.84. The normalized spacial score (nSPS) is 12.5. The third-order valence-electron chi connectivity index (χ3n) is 2.04. The van der Waals surface area contributed by atoms with E-state index in [1.807, 2.05) is 20.3 Å². The third kappa shape index (κ3) is 1.90. The Morgan fingerprint density at radius 1 is 1.77 bits per heavy atom. The maximum atomic E-state index is 5.40. The Balaban J connectivity index is 3.05. The minimum absolute atomic E-state index is 0.0244. The fourth-order valence-electron chi connectivity index (χ4n) is 1.40. The first-order chi connectivity index (χ1) is 6.22. The summed E-state index contributed by atoms with van der Waals surface area (Å²) in [5.74, 6) is 2.69. The summed E-state index contributed by atoms with van der Waals surface area (Å²) in [5.41, 5.74) is 2.18. The van der Waals surface area contributed by atoms with E-state index >= 15 is 0 Å². The van der Waals surface area contributed by atoms with Gasteiger partial charge in [0.1, 0.15) is 0 Å². The molecule has 0 aromatic carbocycles. The maximum Gasteiger partial charge on any atom is 0.0974 e. The van der Waals surface area contributed by atoms with Gasteiger partial charge in [0.15, 0.2) is 0 Å². The standard InChI is InChI=1S/C10H15N3/c1-5-9(11-3)8-7-13(4)12-10(8)6-2/h1,7,9,11H,6H2,2-4H3. The number of hydrogen-bond acceptors (Lipinski definition) is 2. The second-order valence-corrected chi connectivity index (χ2v) is 2.95. The lowest BCUT2D eigenvalue weighted by Gasteiger charge is -2.07. The van der Waals surface area contributed by atoms with Crippen molar-refractivity contribution in [1.82, 2.24) is 15.1 Å². The fraction of sp³-hybridized carbons (Fsp3) is 0.500. The molecule has 0 aliphatic carbocycles. The fourth-order valence-corrected chi connectivity index (χ4v) is 1.40. The summed E-state index contributed by atoms with van der Waals surface area (Å²) in [6.07, 6.45) is 8.28. The van der Waals surface area contributed by atoms with Crippen LogP contribution in [-0.4, -0.2) is 16.8 Å². The van der Waals surface area contributed by atoms with Crippen molar-refractivity contribution >= 4 is 0 Å². The monoisotopic (exact) mass is 177 g/mol. The largest absolute Gasteiger partial charge is 0.303 e. The van der Waals surface area contributed by atoms with E-state index in [9.17, 15) is 0 Å². The van der Waals surface area contributed by atoms with Gasteiger partial charge < -0.3 is 5.32 Å². The Kier molecular flexibility index (Phi) is 3.10. The molecule has 1 aromatic heterocycles. The molecule has 0 aliphatic rings. The summed E-state index contributed by atoms with van der Waals surface area (Å²) < 4.78 is 1.80. The van der Waals surface area contributed by atoms with Crippen LogP contribution in [-0.2, 0) is 13.5 Å². The molecule has 1 atom stereocenters. The van der Waals surface area contributed by atoms with Crippen molar-refractivity contribution in [2.45, 2.75) is 19.4 Å². The van der Waals surface area contributed by atoms with Gasteiger partial charge in [0.2, 0.25) is 0 Å². The van der Waals surface area contributed by atoms with Crippen LogP contribution in [0.1, 0.15) is 24.2 Å². The van der Waals surface area contributed by atoms with Gasteiger partial charge in [-0.15, -0.1) is 6.42 Å². The maximum absolute atomic E-state index is 5.40. The molecule has 0 amide bonds. The highest BCUT2D eigenvalue weighted by molar-refractivity contribution is 5.27. The van der Waals surface area contributed by atoms with Crippen LogP contribution in [0, 0.1) is 12.3 Å². The molecule has 1 N–H and O–H groups in total. The minimum Gasteiger partial charge on any atom is -0.303 e. The number of aryl methyl sites for hydroxylation is 2. The van der Waals surface area contributed by atoms with Gasteiger partial charge in [0.05, 0.1) is 11.7 Å². The van der Waals surface area contributed by atoms with Crippen molar-refractivity contribution in [3.8, 4) is 12.3 Å². The number of nitrogens with one attached hydrogen (secondary N) is 1. The lowest BCUT2D eigenvalue weighted by atomic mass is 10.1. The summed E-state index contributed by atoms with van der Waals surface area (Å²) in [6.45, 7) is 2.08. The molecule has 13 heavy (non-hydrogen) atoms. The van der Waals surface area contributed by atoms with E-state index in [1.54, 1.807) is 4.68 Å². The Morgan fingerprint density at radius 2 is 2.46 bits per heavy atom. The number of terminal acetylenes is 1. The van der Waals surface area contributed by atoms with Crippen molar-refractivity contribution in [2.75, 3.05) is 7.05 Å². The summed E-state index contributed by atoms with van der Waals surface area (Å²) >= 11 is 0. The zero-order valence-electron chi connectivity index (χ0n) is 8.33. The predicted octanol–water partition coefficient (Wildman–Crippen LogP) is 0.876. The van der Waals surface area contributed by atoms with Gasteiger partial charge in [0, 0.05) is 18.8 Å². The lowest BCUT2D eigenvalue weighted by Crippen LogP contribution is -2.14. The number of nitrogens with zero attached hydrogens (tertiary/aromatic N) is 2. The molecular weight excluding hydrogens is 162 g/mol. The smallest absolute Gasteiger partial charge is 0.0974 e. The lowest BCUT2D eigenvalue weighted by molar-refractivity contribution is 0.727. The van der Waals surface area contributed by atoms with Gasteiger partial charge in [0.25, 0.3) is 0 Å². The molecule has 0 bridgehead atoms. The molecule has 1 rings (SSSR count). The number of rotatable bonds is 3. The van der Waals surface area contributed by atoms with E-state index in [0.717, 1.165) is 17.7 Å². The molecule has 0 aliphatic heterocycles. The van der Waals surface area contributed by atoms with E-state index in [1.165, 1.54) is 0 Å². The molecular formula is C10H15N3. The van der Waals surface area contributed by atoms with Crippen molar-refractivity contribution in [2.24, 2.45) is 7.05 Å².